The number of carbonyl (C=O) groups is 1. The average molecular weight is 453 g/mol. The van der Waals surface area contributed by atoms with E-state index in [1.165, 1.54) is 28.1 Å². The van der Waals surface area contributed by atoms with Crippen molar-refractivity contribution in [1.29, 1.82) is 0 Å². The van der Waals surface area contributed by atoms with Crippen molar-refractivity contribution in [2.45, 2.75) is 44.6 Å². The molecule has 164 valence electrons. The molecule has 0 aliphatic rings. The second kappa shape index (κ2) is 11.3. The highest BCUT2D eigenvalue weighted by molar-refractivity contribution is 7.89. The topological polar surface area (TPSA) is 75.7 Å². The van der Waals surface area contributed by atoms with Gasteiger partial charge in [0.1, 0.15) is 5.75 Å². The Morgan fingerprint density at radius 2 is 1.80 bits per heavy atom. The van der Waals surface area contributed by atoms with Crippen molar-refractivity contribution in [3.8, 4) is 5.75 Å². The van der Waals surface area contributed by atoms with Gasteiger partial charge >= 0.3 is 0 Å². The SMILES string of the molecule is CCN(CC)S(=O)(=O)c1ccc(OCC(=O)N[C@@H](C)CCc2ccccc2)c(Cl)c1. The van der Waals surface area contributed by atoms with E-state index in [2.05, 4.69) is 17.4 Å². The normalized spacial score (nSPS) is 12.6. The van der Waals surface area contributed by atoms with E-state index in [4.69, 9.17) is 16.3 Å². The molecule has 2 aromatic carbocycles. The maximum absolute atomic E-state index is 12.6. The first-order valence-corrected chi connectivity index (χ1v) is 11.9. The summed E-state index contributed by atoms with van der Waals surface area (Å²) in [6.45, 7) is 6.05. The maximum atomic E-state index is 12.6. The Labute approximate surface area is 184 Å². The third-order valence-electron chi connectivity index (χ3n) is 4.72. The molecule has 1 atom stereocenters. The number of rotatable bonds is 11. The van der Waals surface area contributed by atoms with Crippen LogP contribution in [0.2, 0.25) is 5.02 Å². The fourth-order valence-electron chi connectivity index (χ4n) is 3.03. The highest BCUT2D eigenvalue weighted by atomic mass is 35.5. The van der Waals surface area contributed by atoms with Crippen LogP contribution in [0.4, 0.5) is 0 Å². The molecule has 0 saturated heterocycles. The molecule has 0 saturated carbocycles. The van der Waals surface area contributed by atoms with Crippen LogP contribution in [0.3, 0.4) is 0 Å². The first-order chi connectivity index (χ1) is 14.3. The zero-order valence-electron chi connectivity index (χ0n) is 17.6. The number of nitrogens with one attached hydrogen (secondary N) is 1. The Bertz CT molecular complexity index is 931. The Balaban J connectivity index is 1.88. The average Bonchev–Trinajstić information content (AvgIpc) is 2.72. The summed E-state index contributed by atoms with van der Waals surface area (Å²) >= 11 is 6.19. The minimum Gasteiger partial charge on any atom is -0.482 e. The number of aryl methyl sites for hydroxylation is 1. The summed E-state index contributed by atoms with van der Waals surface area (Å²) in [5, 5.41) is 3.04. The summed E-state index contributed by atoms with van der Waals surface area (Å²) in [4.78, 5) is 12.3. The van der Waals surface area contributed by atoms with E-state index >= 15 is 0 Å². The van der Waals surface area contributed by atoms with Crippen LogP contribution < -0.4 is 10.1 Å². The van der Waals surface area contributed by atoms with Crippen molar-refractivity contribution in [1.82, 2.24) is 9.62 Å². The standard InChI is InChI=1S/C22H29ClN2O4S/c1-4-25(5-2)30(27,28)19-13-14-21(20(23)15-19)29-16-22(26)24-17(3)11-12-18-9-7-6-8-10-18/h6-10,13-15,17H,4-5,11-12,16H2,1-3H3,(H,24,26)/t17-/m0/s1. The highest BCUT2D eigenvalue weighted by Gasteiger charge is 2.22. The fourth-order valence-corrected chi connectivity index (χ4v) is 4.82. The number of amides is 1. The third-order valence-corrected chi connectivity index (χ3v) is 7.06. The van der Waals surface area contributed by atoms with Gasteiger partial charge in [0.25, 0.3) is 5.91 Å². The number of halogens is 1. The summed E-state index contributed by atoms with van der Waals surface area (Å²) in [5.41, 5.74) is 1.22. The van der Waals surface area contributed by atoms with E-state index in [1.54, 1.807) is 13.8 Å². The van der Waals surface area contributed by atoms with Crippen molar-refractivity contribution < 1.29 is 17.9 Å². The number of hydrogen-bond donors (Lipinski definition) is 1. The van der Waals surface area contributed by atoms with Crippen molar-refractivity contribution in [3.63, 3.8) is 0 Å². The first-order valence-electron chi connectivity index (χ1n) is 10.0. The van der Waals surface area contributed by atoms with E-state index in [9.17, 15) is 13.2 Å². The first kappa shape index (κ1) is 24.2. The molecule has 0 radical (unpaired) electrons. The van der Waals surface area contributed by atoms with E-state index in [1.807, 2.05) is 25.1 Å². The molecule has 0 aliphatic carbocycles. The van der Waals surface area contributed by atoms with Gasteiger partial charge in [-0.25, -0.2) is 8.42 Å². The molecular formula is C22H29ClN2O4S. The van der Waals surface area contributed by atoms with E-state index in [0.717, 1.165) is 12.8 Å². The van der Waals surface area contributed by atoms with Crippen molar-refractivity contribution in [2.24, 2.45) is 0 Å². The van der Waals surface area contributed by atoms with Crippen LogP contribution in [0.25, 0.3) is 0 Å². The Kier molecular flexibility index (Phi) is 9.14. The molecule has 0 aliphatic heterocycles. The highest BCUT2D eigenvalue weighted by Crippen LogP contribution is 2.28. The predicted octanol–water partition coefficient (Wildman–Crippen LogP) is 3.89. The largest absolute Gasteiger partial charge is 0.482 e. The lowest BCUT2D eigenvalue weighted by Crippen LogP contribution is -2.36. The number of carbonyl (C=O) groups excluding carboxylic acids is 1. The molecule has 0 heterocycles. The Hall–Kier alpha value is -2.09. The lowest BCUT2D eigenvalue weighted by atomic mass is 10.1. The van der Waals surface area contributed by atoms with Crippen LogP contribution in [0.15, 0.2) is 53.4 Å². The van der Waals surface area contributed by atoms with Crippen molar-refractivity contribution in [3.05, 3.63) is 59.1 Å². The zero-order chi connectivity index (χ0) is 22.1. The van der Waals surface area contributed by atoms with Crippen LogP contribution in [0.1, 0.15) is 32.8 Å². The van der Waals surface area contributed by atoms with Gasteiger partial charge in [-0.2, -0.15) is 4.31 Å². The minimum atomic E-state index is -3.60. The van der Waals surface area contributed by atoms with Gasteiger partial charge < -0.3 is 10.1 Å². The number of benzene rings is 2. The zero-order valence-corrected chi connectivity index (χ0v) is 19.2. The molecular weight excluding hydrogens is 424 g/mol. The van der Waals surface area contributed by atoms with Crippen LogP contribution in [-0.4, -0.2) is 44.4 Å². The molecule has 1 N–H and O–H groups in total. The second-order valence-electron chi connectivity index (χ2n) is 6.96. The summed E-state index contributed by atoms with van der Waals surface area (Å²) in [6, 6.07) is 14.4. The van der Waals surface area contributed by atoms with Gasteiger partial charge in [-0.15, -0.1) is 0 Å². The summed E-state index contributed by atoms with van der Waals surface area (Å²) < 4.78 is 32.0. The van der Waals surface area contributed by atoms with Crippen LogP contribution >= 0.6 is 11.6 Å². The number of sulfonamides is 1. The van der Waals surface area contributed by atoms with Gasteiger partial charge in [-0.05, 0) is 43.5 Å². The van der Waals surface area contributed by atoms with E-state index < -0.39 is 10.0 Å². The van der Waals surface area contributed by atoms with Gasteiger partial charge in [0, 0.05) is 19.1 Å². The maximum Gasteiger partial charge on any atom is 0.258 e. The van der Waals surface area contributed by atoms with Crippen LogP contribution in [0.5, 0.6) is 5.75 Å². The number of nitrogens with zero attached hydrogens (tertiary/aromatic N) is 1. The van der Waals surface area contributed by atoms with Gasteiger partial charge in [-0.1, -0.05) is 55.8 Å². The molecule has 0 aromatic heterocycles. The minimum absolute atomic E-state index is 0.00151. The third kappa shape index (κ3) is 6.72. The smallest absolute Gasteiger partial charge is 0.258 e. The Morgan fingerprint density at radius 1 is 1.13 bits per heavy atom. The molecule has 8 heteroatoms. The molecule has 1 amide bonds. The number of hydrogen-bond acceptors (Lipinski definition) is 4. The van der Waals surface area contributed by atoms with Crippen LogP contribution in [-0.2, 0) is 21.2 Å². The summed E-state index contributed by atoms with van der Waals surface area (Å²) in [7, 11) is -3.60. The monoisotopic (exact) mass is 452 g/mol. The molecule has 0 unspecified atom stereocenters. The van der Waals surface area contributed by atoms with Gasteiger partial charge in [0.2, 0.25) is 10.0 Å². The van der Waals surface area contributed by atoms with Gasteiger partial charge in [0.05, 0.1) is 9.92 Å². The number of ether oxygens (including phenoxy) is 1. The second-order valence-corrected chi connectivity index (χ2v) is 9.31. The van der Waals surface area contributed by atoms with Crippen molar-refractivity contribution >= 4 is 27.5 Å². The quantitative estimate of drug-likeness (QED) is 0.561. The lowest BCUT2D eigenvalue weighted by Gasteiger charge is -2.19. The summed E-state index contributed by atoms with van der Waals surface area (Å²) in [6.07, 6.45) is 1.69. The van der Waals surface area contributed by atoms with Crippen LogP contribution in [0, 0.1) is 0 Å². The van der Waals surface area contributed by atoms with E-state index in [-0.39, 0.29) is 34.2 Å². The fraction of sp³-hybridized carbons (Fsp3) is 0.409. The molecule has 2 aromatic rings. The molecule has 0 bridgehead atoms. The molecule has 2 rings (SSSR count). The molecule has 0 spiro atoms. The van der Waals surface area contributed by atoms with Crippen molar-refractivity contribution in [2.75, 3.05) is 19.7 Å². The van der Waals surface area contributed by atoms with E-state index in [0.29, 0.717) is 13.1 Å². The Morgan fingerprint density at radius 3 is 2.40 bits per heavy atom. The predicted molar refractivity (Wildman–Crippen MR) is 119 cm³/mol. The van der Waals surface area contributed by atoms with Gasteiger partial charge in [0.15, 0.2) is 6.61 Å². The molecule has 0 fully saturated rings. The molecule has 6 nitrogen and oxygen atoms in total. The lowest BCUT2D eigenvalue weighted by molar-refractivity contribution is -0.123. The van der Waals surface area contributed by atoms with Gasteiger partial charge in [-0.3, -0.25) is 4.79 Å². The molecule has 30 heavy (non-hydrogen) atoms. The summed E-state index contributed by atoms with van der Waals surface area (Å²) in [5.74, 6) is 0.00807.